The maximum atomic E-state index is 13.8. The quantitative estimate of drug-likeness (QED) is 0.261. The predicted octanol–water partition coefficient (Wildman–Crippen LogP) is 7.04. The van der Waals surface area contributed by atoms with Crippen molar-refractivity contribution >= 4 is 45.8 Å². The van der Waals surface area contributed by atoms with Crippen LogP contribution in [0.15, 0.2) is 72.8 Å². The molecule has 0 atom stereocenters. The lowest BCUT2D eigenvalue weighted by Gasteiger charge is -2.32. The molecular weight excluding hydrogens is 500 g/mol. The Bertz CT molecular complexity index is 1600. The van der Waals surface area contributed by atoms with Gasteiger partial charge in [-0.05, 0) is 70.5 Å². The summed E-state index contributed by atoms with van der Waals surface area (Å²) in [4.78, 5) is 57.6. The van der Waals surface area contributed by atoms with Crippen molar-refractivity contribution < 1.29 is 19.2 Å². The summed E-state index contributed by atoms with van der Waals surface area (Å²) in [6.07, 6.45) is 0. The van der Waals surface area contributed by atoms with E-state index in [0.717, 1.165) is 11.1 Å². The smallest absolute Gasteiger partial charge is 0.265 e. The minimum Gasteiger partial charge on any atom is -0.268 e. The molecule has 6 heteroatoms. The molecule has 0 aromatic heterocycles. The van der Waals surface area contributed by atoms with Crippen LogP contribution in [0.1, 0.15) is 94.1 Å². The number of benzene rings is 4. The van der Waals surface area contributed by atoms with E-state index in [-0.39, 0.29) is 10.8 Å². The summed E-state index contributed by atoms with van der Waals surface area (Å²) in [7, 11) is 0. The molecule has 4 aromatic rings. The van der Waals surface area contributed by atoms with Crippen molar-refractivity contribution in [1.82, 2.24) is 0 Å². The molecule has 0 saturated heterocycles. The lowest BCUT2D eigenvalue weighted by atomic mass is 9.84. The average Bonchev–Trinajstić information content (AvgIpc) is 2.90. The first-order valence-corrected chi connectivity index (χ1v) is 13.4. The van der Waals surface area contributed by atoms with Crippen LogP contribution in [0.2, 0.25) is 0 Å². The van der Waals surface area contributed by atoms with Crippen molar-refractivity contribution in [2.24, 2.45) is 0 Å². The number of hydrogen-bond donors (Lipinski definition) is 0. The first-order valence-electron chi connectivity index (χ1n) is 13.4. The van der Waals surface area contributed by atoms with Crippen molar-refractivity contribution in [2.75, 3.05) is 9.80 Å². The molecule has 0 unspecified atom stereocenters. The van der Waals surface area contributed by atoms with Crippen LogP contribution >= 0.6 is 0 Å². The molecule has 200 valence electrons. The zero-order valence-electron chi connectivity index (χ0n) is 23.5. The van der Waals surface area contributed by atoms with Crippen LogP contribution in [-0.4, -0.2) is 23.6 Å². The number of rotatable bonds is 2. The minimum absolute atomic E-state index is 0.171. The maximum absolute atomic E-state index is 13.8. The van der Waals surface area contributed by atoms with Gasteiger partial charge in [0.05, 0.1) is 11.4 Å². The summed E-state index contributed by atoms with van der Waals surface area (Å²) in [5.41, 5.74) is 3.78. The SMILES string of the molecule is CC(C)(C)c1cccc(N2C(=O)c3ccc4c5c(ccc(c35)C2=O)C(=O)N(c2cccc(C(C)(C)C)c2)C4=O)c1. The highest BCUT2D eigenvalue weighted by molar-refractivity contribution is 6.42. The Morgan fingerprint density at radius 1 is 0.450 bits per heavy atom. The number of amides is 4. The highest BCUT2D eigenvalue weighted by Crippen LogP contribution is 2.41. The third-order valence-electron chi connectivity index (χ3n) is 7.84. The Kier molecular flexibility index (Phi) is 5.43. The summed E-state index contributed by atoms with van der Waals surface area (Å²) in [6.45, 7) is 12.4. The summed E-state index contributed by atoms with van der Waals surface area (Å²) < 4.78 is 0. The van der Waals surface area contributed by atoms with E-state index in [1.807, 2.05) is 36.4 Å². The molecule has 0 fully saturated rings. The van der Waals surface area contributed by atoms with Crippen LogP contribution in [0.4, 0.5) is 11.4 Å². The van der Waals surface area contributed by atoms with E-state index in [0.29, 0.717) is 44.4 Å². The minimum atomic E-state index is -0.479. The van der Waals surface area contributed by atoms with Crippen molar-refractivity contribution in [1.29, 1.82) is 0 Å². The van der Waals surface area contributed by atoms with Crippen molar-refractivity contribution in [2.45, 2.75) is 52.4 Å². The maximum Gasteiger partial charge on any atom is 0.265 e. The summed E-state index contributed by atoms with van der Waals surface area (Å²) in [5.74, 6) is -1.92. The lowest BCUT2D eigenvalue weighted by Crippen LogP contribution is -2.43. The van der Waals surface area contributed by atoms with Gasteiger partial charge in [-0.15, -0.1) is 0 Å². The van der Waals surface area contributed by atoms with Gasteiger partial charge in [0, 0.05) is 33.0 Å². The molecule has 0 spiro atoms. The number of hydrogen-bond acceptors (Lipinski definition) is 4. The van der Waals surface area contributed by atoms with E-state index in [1.165, 1.54) is 9.80 Å². The van der Waals surface area contributed by atoms with Gasteiger partial charge in [0.15, 0.2) is 0 Å². The average molecular weight is 531 g/mol. The molecule has 0 bridgehead atoms. The lowest BCUT2D eigenvalue weighted by molar-refractivity contribution is 0.0873. The molecule has 4 amide bonds. The third-order valence-corrected chi connectivity index (χ3v) is 7.84. The molecule has 0 N–H and O–H groups in total. The summed E-state index contributed by atoms with van der Waals surface area (Å²) >= 11 is 0. The topological polar surface area (TPSA) is 74.8 Å². The van der Waals surface area contributed by atoms with Crippen LogP contribution in [0.25, 0.3) is 10.8 Å². The third kappa shape index (κ3) is 3.70. The van der Waals surface area contributed by atoms with Gasteiger partial charge in [-0.25, -0.2) is 9.80 Å². The molecular formula is C34H30N2O4. The molecule has 40 heavy (non-hydrogen) atoms. The highest BCUT2D eigenvalue weighted by Gasteiger charge is 2.41. The van der Waals surface area contributed by atoms with Crippen LogP contribution in [0.3, 0.4) is 0 Å². The Morgan fingerprint density at radius 3 is 1.02 bits per heavy atom. The first kappa shape index (κ1) is 25.7. The monoisotopic (exact) mass is 530 g/mol. The Morgan fingerprint density at radius 2 is 0.750 bits per heavy atom. The molecule has 2 heterocycles. The fourth-order valence-electron chi connectivity index (χ4n) is 5.57. The second-order valence-electron chi connectivity index (χ2n) is 12.6. The highest BCUT2D eigenvalue weighted by atomic mass is 16.2. The van der Waals surface area contributed by atoms with Crippen LogP contribution in [-0.2, 0) is 10.8 Å². The van der Waals surface area contributed by atoms with Gasteiger partial charge in [-0.2, -0.15) is 0 Å². The van der Waals surface area contributed by atoms with E-state index < -0.39 is 23.6 Å². The normalized spacial score (nSPS) is 15.3. The zero-order valence-corrected chi connectivity index (χ0v) is 23.5. The van der Waals surface area contributed by atoms with Gasteiger partial charge in [0.2, 0.25) is 0 Å². The van der Waals surface area contributed by atoms with Crippen LogP contribution < -0.4 is 9.80 Å². The van der Waals surface area contributed by atoms with E-state index >= 15 is 0 Å². The summed E-state index contributed by atoms with van der Waals surface area (Å²) in [6, 6.07) is 21.2. The second kappa shape index (κ2) is 8.46. The number of nitrogens with zero attached hydrogens (tertiary/aromatic N) is 2. The predicted molar refractivity (Wildman–Crippen MR) is 157 cm³/mol. The Labute approximate surface area is 233 Å². The molecule has 6 rings (SSSR count). The number of imide groups is 2. The van der Waals surface area contributed by atoms with E-state index in [2.05, 4.69) is 41.5 Å². The van der Waals surface area contributed by atoms with Gasteiger partial charge in [-0.1, -0.05) is 65.8 Å². The van der Waals surface area contributed by atoms with E-state index in [9.17, 15) is 19.2 Å². The molecule has 2 aliphatic rings. The number of carbonyl (C=O) groups is 4. The van der Waals surface area contributed by atoms with Crippen molar-refractivity contribution in [3.8, 4) is 0 Å². The van der Waals surface area contributed by atoms with Crippen molar-refractivity contribution in [3.05, 3.63) is 106 Å². The van der Waals surface area contributed by atoms with Crippen LogP contribution in [0, 0.1) is 0 Å². The Hall–Kier alpha value is -4.58. The molecule has 0 saturated carbocycles. The van der Waals surface area contributed by atoms with Crippen molar-refractivity contribution in [3.63, 3.8) is 0 Å². The Balaban J connectivity index is 1.50. The van der Waals surface area contributed by atoms with E-state index in [1.54, 1.807) is 36.4 Å². The van der Waals surface area contributed by atoms with Gasteiger partial charge in [0.25, 0.3) is 23.6 Å². The zero-order chi connectivity index (χ0) is 28.7. The fraction of sp³-hybridized carbons (Fsp3) is 0.235. The number of anilines is 2. The molecule has 2 aliphatic heterocycles. The fourth-order valence-corrected chi connectivity index (χ4v) is 5.57. The molecule has 0 aliphatic carbocycles. The first-order chi connectivity index (χ1) is 18.8. The molecule has 4 aromatic carbocycles. The van der Waals surface area contributed by atoms with Gasteiger partial charge in [-0.3, -0.25) is 19.2 Å². The largest absolute Gasteiger partial charge is 0.268 e. The summed E-state index contributed by atoms with van der Waals surface area (Å²) in [5, 5.41) is 0.719. The van der Waals surface area contributed by atoms with Crippen LogP contribution in [0.5, 0.6) is 0 Å². The standard InChI is InChI=1S/C34H30N2O4/c1-33(2,3)19-9-7-11-21(17-19)35-29(37)23-13-15-25-28-26(16-14-24(27(23)28)30(35)38)32(40)36(31(25)39)22-12-8-10-20(18-22)34(4,5)6/h7-18H,1-6H3. The second-order valence-corrected chi connectivity index (χ2v) is 12.6. The van der Waals surface area contributed by atoms with Gasteiger partial charge >= 0.3 is 0 Å². The molecule has 0 radical (unpaired) electrons. The van der Waals surface area contributed by atoms with Gasteiger partial charge < -0.3 is 0 Å². The van der Waals surface area contributed by atoms with Gasteiger partial charge in [0.1, 0.15) is 0 Å². The van der Waals surface area contributed by atoms with E-state index in [4.69, 9.17) is 0 Å². The molecule has 6 nitrogen and oxygen atoms in total. The number of carbonyl (C=O) groups excluding carboxylic acids is 4.